The number of morpholine rings is 1. The first kappa shape index (κ1) is 18.0. The van der Waals surface area contributed by atoms with Crippen LogP contribution in [0.3, 0.4) is 0 Å². The number of hydrogen-bond donors (Lipinski definition) is 0. The maximum atomic E-state index is 13.4. The van der Waals surface area contributed by atoms with E-state index in [1.165, 1.54) is 0 Å². The molecule has 4 rings (SSSR count). The van der Waals surface area contributed by atoms with Crippen molar-refractivity contribution in [1.82, 2.24) is 9.88 Å². The molecule has 2 atom stereocenters. The Morgan fingerprint density at radius 3 is 2.48 bits per heavy atom. The maximum Gasteiger partial charge on any atom is 0.254 e. The third-order valence-electron chi connectivity index (χ3n) is 4.80. The molecule has 1 aliphatic heterocycles. The van der Waals surface area contributed by atoms with E-state index in [1.54, 1.807) is 0 Å². The summed E-state index contributed by atoms with van der Waals surface area (Å²) in [6, 6.07) is 17.2. The summed E-state index contributed by atoms with van der Waals surface area (Å²) in [6.45, 7) is 5.16. The molecule has 0 saturated carbocycles. The van der Waals surface area contributed by atoms with Gasteiger partial charge in [0.1, 0.15) is 0 Å². The zero-order valence-electron chi connectivity index (χ0n) is 15.4. The second-order valence-electron chi connectivity index (χ2n) is 7.02. The average molecular weight is 381 g/mol. The summed E-state index contributed by atoms with van der Waals surface area (Å²) in [5, 5.41) is 1.47. The standard InChI is InChI=1S/C22H21ClN2O2/c1-14-12-25(13-15(2)27-14)22(26)18-11-21(17-8-3-5-9-19(17)23)24-20-10-6-4-7-16(18)20/h3-11,14-15H,12-13H2,1-2H3. The predicted octanol–water partition coefficient (Wildman–Crippen LogP) is 4.80. The smallest absolute Gasteiger partial charge is 0.254 e. The third kappa shape index (κ3) is 3.55. The molecule has 2 unspecified atom stereocenters. The van der Waals surface area contributed by atoms with Crippen LogP contribution >= 0.6 is 11.6 Å². The highest BCUT2D eigenvalue weighted by Gasteiger charge is 2.28. The number of halogens is 1. The van der Waals surface area contributed by atoms with E-state index in [2.05, 4.69) is 0 Å². The van der Waals surface area contributed by atoms with Crippen molar-refractivity contribution < 1.29 is 9.53 Å². The van der Waals surface area contributed by atoms with Gasteiger partial charge in [0.15, 0.2) is 0 Å². The first-order chi connectivity index (χ1) is 13.0. The largest absolute Gasteiger partial charge is 0.372 e. The Kier molecular flexibility index (Phi) is 4.85. The molecule has 0 spiro atoms. The Labute approximate surface area is 163 Å². The molecule has 1 saturated heterocycles. The second-order valence-corrected chi connectivity index (χ2v) is 7.43. The van der Waals surface area contributed by atoms with Gasteiger partial charge in [0, 0.05) is 29.1 Å². The summed E-state index contributed by atoms with van der Waals surface area (Å²) in [4.78, 5) is 20.0. The lowest BCUT2D eigenvalue weighted by molar-refractivity contribution is -0.0585. The van der Waals surface area contributed by atoms with Crippen molar-refractivity contribution in [2.45, 2.75) is 26.1 Å². The highest BCUT2D eigenvalue weighted by molar-refractivity contribution is 6.33. The maximum absolute atomic E-state index is 13.4. The molecular formula is C22H21ClN2O2. The van der Waals surface area contributed by atoms with E-state index in [0.717, 1.165) is 16.5 Å². The Balaban J connectivity index is 1.84. The van der Waals surface area contributed by atoms with Crippen LogP contribution in [0.4, 0.5) is 0 Å². The molecule has 2 heterocycles. The highest BCUT2D eigenvalue weighted by Crippen LogP contribution is 2.30. The van der Waals surface area contributed by atoms with Crippen LogP contribution in [0.1, 0.15) is 24.2 Å². The van der Waals surface area contributed by atoms with E-state index in [9.17, 15) is 4.79 Å². The zero-order valence-corrected chi connectivity index (χ0v) is 16.1. The molecule has 5 heteroatoms. The Morgan fingerprint density at radius 1 is 1.07 bits per heavy atom. The minimum atomic E-state index is 0.00361. The number of benzene rings is 2. The van der Waals surface area contributed by atoms with E-state index < -0.39 is 0 Å². The molecule has 4 nitrogen and oxygen atoms in total. The van der Waals surface area contributed by atoms with E-state index >= 15 is 0 Å². The fraction of sp³-hybridized carbons (Fsp3) is 0.273. The van der Waals surface area contributed by atoms with Gasteiger partial charge < -0.3 is 9.64 Å². The number of hydrogen-bond acceptors (Lipinski definition) is 3. The molecule has 1 fully saturated rings. The molecule has 1 aromatic heterocycles. The van der Waals surface area contributed by atoms with E-state index in [0.29, 0.717) is 29.4 Å². The Hall–Kier alpha value is -2.43. The van der Waals surface area contributed by atoms with Crippen molar-refractivity contribution in [2.24, 2.45) is 0 Å². The van der Waals surface area contributed by atoms with Gasteiger partial charge >= 0.3 is 0 Å². The topological polar surface area (TPSA) is 42.4 Å². The van der Waals surface area contributed by atoms with Crippen LogP contribution in [-0.2, 0) is 4.74 Å². The van der Waals surface area contributed by atoms with Gasteiger partial charge in [0.05, 0.1) is 29.0 Å². The van der Waals surface area contributed by atoms with Crippen molar-refractivity contribution in [3.8, 4) is 11.3 Å². The number of amides is 1. The summed E-state index contributed by atoms with van der Waals surface area (Å²) < 4.78 is 5.77. The predicted molar refractivity (Wildman–Crippen MR) is 108 cm³/mol. The minimum Gasteiger partial charge on any atom is -0.372 e. The number of aromatic nitrogens is 1. The number of rotatable bonds is 2. The number of ether oxygens (including phenoxy) is 1. The molecule has 2 aromatic carbocycles. The van der Waals surface area contributed by atoms with Crippen LogP contribution in [0.15, 0.2) is 54.6 Å². The second kappa shape index (κ2) is 7.29. The third-order valence-corrected chi connectivity index (χ3v) is 5.13. The Bertz CT molecular complexity index is 995. The highest BCUT2D eigenvalue weighted by atomic mass is 35.5. The van der Waals surface area contributed by atoms with E-state index in [4.69, 9.17) is 21.3 Å². The lowest BCUT2D eigenvalue weighted by Gasteiger charge is -2.35. The van der Waals surface area contributed by atoms with Gasteiger partial charge in [-0.15, -0.1) is 0 Å². The van der Waals surface area contributed by atoms with Gasteiger partial charge in [-0.1, -0.05) is 48.0 Å². The van der Waals surface area contributed by atoms with Crippen LogP contribution in [0.2, 0.25) is 5.02 Å². The lowest BCUT2D eigenvalue weighted by Crippen LogP contribution is -2.48. The first-order valence-electron chi connectivity index (χ1n) is 9.12. The molecular weight excluding hydrogens is 360 g/mol. The zero-order chi connectivity index (χ0) is 19.0. The van der Waals surface area contributed by atoms with Crippen LogP contribution in [0.5, 0.6) is 0 Å². The van der Waals surface area contributed by atoms with Gasteiger partial charge in [-0.2, -0.15) is 0 Å². The van der Waals surface area contributed by atoms with Gasteiger partial charge in [-0.25, -0.2) is 4.98 Å². The number of pyridine rings is 1. The van der Waals surface area contributed by atoms with Gasteiger partial charge in [-0.3, -0.25) is 4.79 Å². The summed E-state index contributed by atoms with van der Waals surface area (Å²) in [5.74, 6) is 0.00361. The fourth-order valence-electron chi connectivity index (χ4n) is 3.67. The number of fused-ring (bicyclic) bond motifs is 1. The molecule has 0 N–H and O–H groups in total. The molecule has 0 bridgehead atoms. The molecule has 138 valence electrons. The number of nitrogens with zero attached hydrogens (tertiary/aromatic N) is 2. The monoisotopic (exact) mass is 380 g/mol. The molecule has 1 amide bonds. The van der Waals surface area contributed by atoms with Crippen LogP contribution in [0.25, 0.3) is 22.2 Å². The van der Waals surface area contributed by atoms with E-state index in [1.807, 2.05) is 73.3 Å². The average Bonchev–Trinajstić information content (AvgIpc) is 2.66. The summed E-state index contributed by atoms with van der Waals surface area (Å²) in [6.07, 6.45) is 0.0441. The van der Waals surface area contributed by atoms with Gasteiger partial charge in [0.2, 0.25) is 0 Å². The number of carbonyl (C=O) groups excluding carboxylic acids is 1. The lowest BCUT2D eigenvalue weighted by atomic mass is 10.0. The van der Waals surface area contributed by atoms with Crippen molar-refractivity contribution in [1.29, 1.82) is 0 Å². The summed E-state index contributed by atoms with van der Waals surface area (Å²) >= 11 is 6.38. The number of para-hydroxylation sites is 1. The minimum absolute atomic E-state index is 0.00361. The van der Waals surface area contributed by atoms with Crippen molar-refractivity contribution in [3.63, 3.8) is 0 Å². The molecule has 0 aliphatic carbocycles. The van der Waals surface area contributed by atoms with Crippen LogP contribution in [-0.4, -0.2) is 41.1 Å². The Morgan fingerprint density at radius 2 is 1.74 bits per heavy atom. The molecule has 1 aliphatic rings. The fourth-order valence-corrected chi connectivity index (χ4v) is 3.91. The molecule has 27 heavy (non-hydrogen) atoms. The molecule has 3 aromatic rings. The van der Waals surface area contributed by atoms with Crippen molar-refractivity contribution in [3.05, 3.63) is 65.2 Å². The quantitative estimate of drug-likeness (QED) is 0.641. The van der Waals surface area contributed by atoms with Crippen molar-refractivity contribution >= 4 is 28.4 Å². The van der Waals surface area contributed by atoms with Crippen LogP contribution < -0.4 is 0 Å². The molecule has 0 radical (unpaired) electrons. The van der Waals surface area contributed by atoms with Crippen molar-refractivity contribution in [2.75, 3.05) is 13.1 Å². The van der Waals surface area contributed by atoms with Gasteiger partial charge in [-0.05, 0) is 32.0 Å². The normalized spacial score (nSPS) is 20.0. The first-order valence-corrected chi connectivity index (χ1v) is 9.50. The van der Waals surface area contributed by atoms with E-state index in [-0.39, 0.29) is 18.1 Å². The number of carbonyl (C=O) groups is 1. The SMILES string of the molecule is CC1CN(C(=O)c2cc(-c3ccccc3Cl)nc3ccccc23)CC(C)O1. The summed E-state index contributed by atoms with van der Waals surface area (Å²) in [7, 11) is 0. The van der Waals surface area contributed by atoms with Gasteiger partial charge in [0.25, 0.3) is 5.91 Å². The summed E-state index contributed by atoms with van der Waals surface area (Å²) in [5.41, 5.74) is 2.96. The van der Waals surface area contributed by atoms with Crippen LogP contribution in [0, 0.1) is 0 Å².